The maximum Gasteiger partial charge on any atom is 0.298 e. The number of hydrogen-bond acceptors (Lipinski definition) is 5. The molecule has 0 aliphatic rings. The van der Waals surface area contributed by atoms with Crippen molar-refractivity contribution in [1.82, 2.24) is 19.5 Å². The van der Waals surface area contributed by atoms with Crippen molar-refractivity contribution in [3.63, 3.8) is 0 Å². The molecule has 3 aromatic rings. The van der Waals surface area contributed by atoms with Gasteiger partial charge in [-0.25, -0.2) is 9.97 Å². The lowest BCUT2D eigenvalue weighted by atomic mass is 10.3. The molecule has 1 aromatic carbocycles. The Labute approximate surface area is 110 Å². The third kappa shape index (κ3) is 1.97. The Morgan fingerprint density at radius 1 is 1.16 bits per heavy atom. The summed E-state index contributed by atoms with van der Waals surface area (Å²) in [5.41, 5.74) is 2.36. The summed E-state index contributed by atoms with van der Waals surface area (Å²) in [5, 5.41) is 3.23. The second-order valence-electron chi connectivity index (χ2n) is 4.04. The summed E-state index contributed by atoms with van der Waals surface area (Å²) < 4.78 is 6.98. The van der Waals surface area contributed by atoms with Crippen molar-refractivity contribution in [2.45, 2.75) is 0 Å². The number of imidazole rings is 1. The zero-order valence-corrected chi connectivity index (χ0v) is 10.7. The lowest BCUT2D eigenvalue weighted by Gasteiger charge is -2.04. The van der Waals surface area contributed by atoms with Crippen molar-refractivity contribution in [3.05, 3.63) is 36.7 Å². The summed E-state index contributed by atoms with van der Waals surface area (Å²) in [4.78, 5) is 12.8. The predicted octanol–water partition coefficient (Wildman–Crippen LogP) is 2.12. The average Bonchev–Trinajstić information content (AvgIpc) is 2.78. The number of para-hydroxylation sites is 1. The molecule has 0 spiro atoms. The van der Waals surface area contributed by atoms with E-state index in [1.54, 1.807) is 11.7 Å². The van der Waals surface area contributed by atoms with E-state index in [9.17, 15) is 0 Å². The zero-order chi connectivity index (χ0) is 13.2. The molecule has 0 aliphatic carbocycles. The molecule has 1 N–H and O–H groups in total. The molecule has 0 unspecified atom stereocenters. The highest BCUT2D eigenvalue weighted by molar-refractivity contribution is 5.85. The van der Waals surface area contributed by atoms with Gasteiger partial charge in [0.25, 0.3) is 6.01 Å². The van der Waals surface area contributed by atoms with Gasteiger partial charge in [-0.3, -0.25) is 4.57 Å². The van der Waals surface area contributed by atoms with E-state index in [-0.39, 0.29) is 0 Å². The van der Waals surface area contributed by atoms with Gasteiger partial charge in [0.15, 0.2) is 17.0 Å². The molecule has 6 heteroatoms. The van der Waals surface area contributed by atoms with Gasteiger partial charge in [0.1, 0.15) is 6.33 Å². The maximum atomic E-state index is 5.19. The number of nitrogens with zero attached hydrogens (tertiary/aromatic N) is 4. The quantitative estimate of drug-likeness (QED) is 0.776. The highest BCUT2D eigenvalue weighted by Crippen LogP contribution is 2.24. The van der Waals surface area contributed by atoms with E-state index < -0.39 is 0 Å². The van der Waals surface area contributed by atoms with Crippen LogP contribution in [0.1, 0.15) is 0 Å². The summed E-state index contributed by atoms with van der Waals surface area (Å²) in [6.45, 7) is 0. The number of ether oxygens (including phenoxy) is 1. The summed E-state index contributed by atoms with van der Waals surface area (Å²) in [7, 11) is 3.44. The van der Waals surface area contributed by atoms with E-state index in [1.165, 1.54) is 6.33 Å². The summed E-state index contributed by atoms with van der Waals surface area (Å²) in [6, 6.07) is 10.3. The number of aryl methyl sites for hydroxylation is 1. The van der Waals surface area contributed by atoms with Crippen LogP contribution in [-0.2, 0) is 7.05 Å². The van der Waals surface area contributed by atoms with E-state index >= 15 is 0 Å². The van der Waals surface area contributed by atoms with Crippen LogP contribution in [0.15, 0.2) is 36.7 Å². The number of rotatable bonds is 3. The Kier molecular flexibility index (Phi) is 2.75. The second kappa shape index (κ2) is 4.56. The van der Waals surface area contributed by atoms with Crippen LogP contribution in [0.5, 0.6) is 6.01 Å². The minimum atomic E-state index is 0.506. The van der Waals surface area contributed by atoms with Gasteiger partial charge in [-0.1, -0.05) is 18.2 Å². The van der Waals surface area contributed by atoms with E-state index in [0.29, 0.717) is 17.3 Å². The van der Waals surface area contributed by atoms with Crippen molar-refractivity contribution in [2.24, 2.45) is 7.05 Å². The molecule has 2 aromatic heterocycles. The molecule has 96 valence electrons. The molecule has 0 radical (unpaired) electrons. The first-order valence-electron chi connectivity index (χ1n) is 5.83. The lowest BCUT2D eigenvalue weighted by Crippen LogP contribution is -1.97. The SMILES string of the molecule is COc1nc2c(Nc3ccccc3)ncnc2n1C. The number of aromatic nitrogens is 4. The fraction of sp³-hybridized carbons (Fsp3) is 0.154. The molecule has 0 amide bonds. The number of fused-ring (bicyclic) bond motifs is 1. The molecule has 0 bridgehead atoms. The molecule has 2 heterocycles. The zero-order valence-electron chi connectivity index (χ0n) is 10.7. The van der Waals surface area contributed by atoms with E-state index in [4.69, 9.17) is 4.74 Å². The maximum absolute atomic E-state index is 5.19. The molecule has 19 heavy (non-hydrogen) atoms. The predicted molar refractivity (Wildman–Crippen MR) is 72.6 cm³/mol. The molecule has 0 atom stereocenters. The van der Waals surface area contributed by atoms with Gasteiger partial charge in [0.05, 0.1) is 7.11 Å². The Balaban J connectivity index is 2.09. The van der Waals surface area contributed by atoms with E-state index in [2.05, 4.69) is 20.3 Å². The van der Waals surface area contributed by atoms with Gasteiger partial charge < -0.3 is 10.1 Å². The van der Waals surface area contributed by atoms with Crippen molar-refractivity contribution in [1.29, 1.82) is 0 Å². The monoisotopic (exact) mass is 255 g/mol. The molecule has 0 saturated heterocycles. The molecular formula is C13H13N5O. The van der Waals surface area contributed by atoms with Crippen LogP contribution in [-0.4, -0.2) is 26.6 Å². The Morgan fingerprint density at radius 3 is 2.68 bits per heavy atom. The van der Waals surface area contributed by atoms with Gasteiger partial charge >= 0.3 is 0 Å². The number of benzene rings is 1. The summed E-state index contributed by atoms with van der Waals surface area (Å²) in [6.07, 6.45) is 1.51. The van der Waals surface area contributed by atoms with Crippen LogP contribution >= 0.6 is 0 Å². The number of methoxy groups -OCH3 is 1. The normalized spacial score (nSPS) is 10.6. The average molecular weight is 255 g/mol. The molecule has 6 nitrogen and oxygen atoms in total. The van der Waals surface area contributed by atoms with E-state index in [1.807, 2.05) is 37.4 Å². The third-order valence-corrected chi connectivity index (χ3v) is 2.83. The van der Waals surface area contributed by atoms with Crippen LogP contribution in [0.3, 0.4) is 0 Å². The fourth-order valence-electron chi connectivity index (χ4n) is 1.91. The number of hydrogen-bond donors (Lipinski definition) is 1. The lowest BCUT2D eigenvalue weighted by molar-refractivity contribution is 0.368. The van der Waals surface area contributed by atoms with Crippen LogP contribution in [0.2, 0.25) is 0 Å². The minimum absolute atomic E-state index is 0.506. The topological polar surface area (TPSA) is 64.9 Å². The van der Waals surface area contributed by atoms with Crippen molar-refractivity contribution in [2.75, 3.05) is 12.4 Å². The van der Waals surface area contributed by atoms with Crippen LogP contribution in [0.4, 0.5) is 11.5 Å². The molecule has 3 rings (SSSR count). The first-order valence-corrected chi connectivity index (χ1v) is 5.83. The fourth-order valence-corrected chi connectivity index (χ4v) is 1.91. The van der Waals surface area contributed by atoms with Gasteiger partial charge in [-0.2, -0.15) is 4.98 Å². The smallest absolute Gasteiger partial charge is 0.298 e. The Hall–Kier alpha value is -2.63. The van der Waals surface area contributed by atoms with Gasteiger partial charge in [0, 0.05) is 12.7 Å². The number of anilines is 2. The van der Waals surface area contributed by atoms with E-state index in [0.717, 1.165) is 11.3 Å². The van der Waals surface area contributed by atoms with Crippen LogP contribution < -0.4 is 10.1 Å². The highest BCUT2D eigenvalue weighted by Gasteiger charge is 2.13. The molecule has 0 aliphatic heterocycles. The summed E-state index contributed by atoms with van der Waals surface area (Å²) in [5.74, 6) is 0.662. The van der Waals surface area contributed by atoms with Crippen LogP contribution in [0.25, 0.3) is 11.2 Å². The van der Waals surface area contributed by atoms with Gasteiger partial charge in [-0.15, -0.1) is 0 Å². The largest absolute Gasteiger partial charge is 0.468 e. The van der Waals surface area contributed by atoms with Crippen molar-refractivity contribution < 1.29 is 4.74 Å². The van der Waals surface area contributed by atoms with Crippen molar-refractivity contribution in [3.8, 4) is 6.01 Å². The summed E-state index contributed by atoms with van der Waals surface area (Å²) >= 11 is 0. The first kappa shape index (κ1) is 11.5. The third-order valence-electron chi connectivity index (χ3n) is 2.83. The second-order valence-corrected chi connectivity index (χ2v) is 4.04. The van der Waals surface area contributed by atoms with Gasteiger partial charge in [-0.05, 0) is 12.1 Å². The molecule has 0 saturated carbocycles. The number of nitrogens with one attached hydrogen (secondary N) is 1. The van der Waals surface area contributed by atoms with Gasteiger partial charge in [0.2, 0.25) is 0 Å². The molecule has 0 fully saturated rings. The Bertz CT molecular complexity index is 708. The Morgan fingerprint density at radius 2 is 1.95 bits per heavy atom. The standard InChI is InChI=1S/C13H13N5O/c1-18-12-10(17-13(18)19-2)11(14-8-15-12)16-9-6-4-3-5-7-9/h3-8H,1-2H3,(H,14,15,16). The minimum Gasteiger partial charge on any atom is -0.468 e. The van der Waals surface area contributed by atoms with Crippen molar-refractivity contribution >= 4 is 22.7 Å². The highest BCUT2D eigenvalue weighted by atomic mass is 16.5. The van der Waals surface area contributed by atoms with Crippen LogP contribution in [0, 0.1) is 0 Å². The molecular weight excluding hydrogens is 242 g/mol. The first-order chi connectivity index (χ1) is 9.29.